The van der Waals surface area contributed by atoms with Crippen LogP contribution >= 0.6 is 0 Å². The summed E-state index contributed by atoms with van der Waals surface area (Å²) in [7, 11) is 2.07. The fraction of sp³-hybridized carbons (Fsp3) is 0.562. The zero-order valence-corrected chi connectivity index (χ0v) is 12.0. The Balaban J connectivity index is 2.13. The molecule has 0 aliphatic heterocycles. The molecular weight excluding hydrogens is 238 g/mol. The second-order valence-electron chi connectivity index (χ2n) is 5.78. The summed E-state index contributed by atoms with van der Waals surface area (Å²) in [6, 6.07) is 5.89. The highest BCUT2D eigenvalue weighted by Gasteiger charge is 2.22. The van der Waals surface area contributed by atoms with Gasteiger partial charge in [0.1, 0.15) is 5.75 Å². The van der Waals surface area contributed by atoms with E-state index in [1.165, 1.54) is 32.6 Å². The third-order valence-corrected chi connectivity index (χ3v) is 4.30. The lowest BCUT2D eigenvalue weighted by molar-refractivity contribution is 0.101. The van der Waals surface area contributed by atoms with Gasteiger partial charge in [0.25, 0.3) is 0 Å². The Hall–Kier alpha value is -1.51. The van der Waals surface area contributed by atoms with Gasteiger partial charge in [0, 0.05) is 24.8 Å². The number of rotatable bonds is 3. The number of Topliss-reactive ketones (excluding diaryl/α,β-unsaturated/α-hetero) is 1. The number of aromatic hydroxyl groups is 1. The fourth-order valence-corrected chi connectivity index (χ4v) is 2.88. The number of carbonyl (C=O) groups excluding carboxylic acids is 1. The molecule has 0 atom stereocenters. The number of phenols is 1. The van der Waals surface area contributed by atoms with Crippen molar-refractivity contribution in [1.29, 1.82) is 0 Å². The van der Waals surface area contributed by atoms with E-state index >= 15 is 0 Å². The zero-order chi connectivity index (χ0) is 14.0. The lowest BCUT2D eigenvalue weighted by Gasteiger charge is -2.35. The minimum atomic E-state index is -0.0989. The lowest BCUT2D eigenvalue weighted by Crippen LogP contribution is -2.34. The molecule has 0 amide bonds. The molecule has 0 radical (unpaired) electrons. The SMILES string of the molecule is CC(=O)c1ccc(N(C)C2CCC(C)CC2)cc1O. The fourth-order valence-electron chi connectivity index (χ4n) is 2.88. The molecular formula is C16H23NO2. The van der Waals surface area contributed by atoms with Crippen molar-refractivity contribution in [3.8, 4) is 5.75 Å². The summed E-state index contributed by atoms with van der Waals surface area (Å²) in [6.07, 6.45) is 4.94. The molecule has 1 fully saturated rings. The van der Waals surface area contributed by atoms with E-state index in [1.807, 2.05) is 6.07 Å². The molecule has 0 heterocycles. The van der Waals surface area contributed by atoms with Gasteiger partial charge >= 0.3 is 0 Å². The Kier molecular flexibility index (Phi) is 4.13. The van der Waals surface area contributed by atoms with Crippen molar-refractivity contribution in [2.45, 2.75) is 45.6 Å². The van der Waals surface area contributed by atoms with Crippen molar-refractivity contribution >= 4 is 11.5 Å². The summed E-state index contributed by atoms with van der Waals surface area (Å²) in [4.78, 5) is 13.5. The molecule has 1 saturated carbocycles. The van der Waals surface area contributed by atoms with Gasteiger partial charge in [-0.3, -0.25) is 4.79 Å². The van der Waals surface area contributed by atoms with Gasteiger partial charge in [-0.05, 0) is 50.7 Å². The van der Waals surface area contributed by atoms with Crippen LogP contribution < -0.4 is 4.90 Å². The monoisotopic (exact) mass is 261 g/mol. The second-order valence-corrected chi connectivity index (χ2v) is 5.78. The zero-order valence-electron chi connectivity index (χ0n) is 12.0. The molecule has 0 aromatic heterocycles. The Labute approximate surface area is 115 Å². The van der Waals surface area contributed by atoms with Crippen LogP contribution in [0.5, 0.6) is 5.75 Å². The molecule has 0 saturated heterocycles. The van der Waals surface area contributed by atoms with Crippen molar-refractivity contribution in [2.75, 3.05) is 11.9 Å². The van der Waals surface area contributed by atoms with Gasteiger partial charge in [-0.1, -0.05) is 6.92 Å². The van der Waals surface area contributed by atoms with Crippen LogP contribution in [0.1, 0.15) is 49.9 Å². The molecule has 1 aliphatic rings. The van der Waals surface area contributed by atoms with Crippen LogP contribution in [0.25, 0.3) is 0 Å². The first-order valence-electron chi connectivity index (χ1n) is 7.06. The third-order valence-electron chi connectivity index (χ3n) is 4.30. The van der Waals surface area contributed by atoms with Gasteiger partial charge in [-0.2, -0.15) is 0 Å². The van der Waals surface area contributed by atoms with Crippen LogP contribution in [-0.2, 0) is 0 Å². The molecule has 1 N–H and O–H groups in total. The van der Waals surface area contributed by atoms with Gasteiger partial charge < -0.3 is 10.0 Å². The number of carbonyl (C=O) groups is 1. The minimum absolute atomic E-state index is 0.0843. The largest absolute Gasteiger partial charge is 0.507 e. The number of hydrogen-bond donors (Lipinski definition) is 1. The number of phenolic OH excluding ortho intramolecular Hbond substituents is 1. The summed E-state index contributed by atoms with van der Waals surface area (Å²) >= 11 is 0. The van der Waals surface area contributed by atoms with E-state index in [9.17, 15) is 9.90 Å². The molecule has 1 aromatic carbocycles. The summed E-state index contributed by atoms with van der Waals surface area (Å²) < 4.78 is 0. The van der Waals surface area contributed by atoms with E-state index < -0.39 is 0 Å². The van der Waals surface area contributed by atoms with Gasteiger partial charge in [-0.15, -0.1) is 0 Å². The van der Waals surface area contributed by atoms with Crippen LogP contribution in [0.2, 0.25) is 0 Å². The van der Waals surface area contributed by atoms with E-state index in [0.29, 0.717) is 11.6 Å². The average molecular weight is 261 g/mol. The molecule has 0 bridgehead atoms. The maximum Gasteiger partial charge on any atom is 0.163 e. The molecule has 104 valence electrons. The maximum absolute atomic E-state index is 11.3. The molecule has 0 spiro atoms. The van der Waals surface area contributed by atoms with Crippen molar-refractivity contribution < 1.29 is 9.90 Å². The molecule has 1 aliphatic carbocycles. The summed E-state index contributed by atoms with van der Waals surface area (Å²) in [5, 5.41) is 9.90. The number of hydrogen-bond acceptors (Lipinski definition) is 3. The third kappa shape index (κ3) is 3.09. The van der Waals surface area contributed by atoms with Crippen LogP contribution in [0, 0.1) is 5.92 Å². The number of benzene rings is 1. The highest BCUT2D eigenvalue weighted by atomic mass is 16.3. The van der Waals surface area contributed by atoms with Crippen molar-refractivity contribution in [3.63, 3.8) is 0 Å². The quantitative estimate of drug-likeness (QED) is 0.845. The van der Waals surface area contributed by atoms with Gasteiger partial charge in [0.05, 0.1) is 5.56 Å². The smallest absolute Gasteiger partial charge is 0.163 e. The Bertz CT molecular complexity index is 462. The molecule has 2 rings (SSSR count). The van der Waals surface area contributed by atoms with E-state index in [2.05, 4.69) is 18.9 Å². The van der Waals surface area contributed by atoms with Crippen LogP contribution in [0.3, 0.4) is 0 Å². The van der Waals surface area contributed by atoms with Crippen LogP contribution in [-0.4, -0.2) is 24.0 Å². The van der Waals surface area contributed by atoms with Crippen LogP contribution in [0.4, 0.5) is 5.69 Å². The predicted octanol–water partition coefficient (Wildman–Crippen LogP) is 3.61. The summed E-state index contributed by atoms with van der Waals surface area (Å²) in [5.74, 6) is 0.817. The van der Waals surface area contributed by atoms with Gasteiger partial charge in [-0.25, -0.2) is 0 Å². The molecule has 3 nitrogen and oxygen atoms in total. The van der Waals surface area contributed by atoms with E-state index in [1.54, 1.807) is 12.1 Å². The lowest BCUT2D eigenvalue weighted by atomic mass is 9.86. The highest BCUT2D eigenvalue weighted by molar-refractivity contribution is 5.97. The number of anilines is 1. The molecule has 3 heteroatoms. The van der Waals surface area contributed by atoms with Crippen LogP contribution in [0.15, 0.2) is 18.2 Å². The first-order valence-corrected chi connectivity index (χ1v) is 7.06. The number of ketones is 1. The average Bonchev–Trinajstić information content (AvgIpc) is 2.38. The Morgan fingerprint density at radius 3 is 2.42 bits per heavy atom. The molecule has 1 aromatic rings. The second kappa shape index (κ2) is 5.64. The Morgan fingerprint density at radius 2 is 1.89 bits per heavy atom. The molecule has 19 heavy (non-hydrogen) atoms. The Morgan fingerprint density at radius 1 is 1.26 bits per heavy atom. The summed E-state index contributed by atoms with van der Waals surface area (Å²) in [6.45, 7) is 3.78. The maximum atomic E-state index is 11.3. The predicted molar refractivity (Wildman–Crippen MR) is 77.9 cm³/mol. The molecule has 0 unspecified atom stereocenters. The van der Waals surface area contributed by atoms with Crippen molar-refractivity contribution in [3.05, 3.63) is 23.8 Å². The van der Waals surface area contributed by atoms with Crippen molar-refractivity contribution in [2.24, 2.45) is 5.92 Å². The normalized spacial score (nSPS) is 23.1. The van der Waals surface area contributed by atoms with E-state index in [4.69, 9.17) is 0 Å². The van der Waals surface area contributed by atoms with Crippen molar-refractivity contribution in [1.82, 2.24) is 0 Å². The van der Waals surface area contributed by atoms with E-state index in [-0.39, 0.29) is 11.5 Å². The van der Waals surface area contributed by atoms with E-state index in [0.717, 1.165) is 11.6 Å². The van der Waals surface area contributed by atoms with Gasteiger partial charge in [0.2, 0.25) is 0 Å². The minimum Gasteiger partial charge on any atom is -0.507 e. The first-order chi connectivity index (χ1) is 8.99. The number of nitrogens with zero attached hydrogens (tertiary/aromatic N) is 1. The van der Waals surface area contributed by atoms with Gasteiger partial charge in [0.15, 0.2) is 5.78 Å². The summed E-state index contributed by atoms with van der Waals surface area (Å²) in [5.41, 5.74) is 1.39. The first kappa shape index (κ1) is 13.9. The highest BCUT2D eigenvalue weighted by Crippen LogP contribution is 2.31. The topological polar surface area (TPSA) is 40.5 Å². The standard InChI is InChI=1S/C16H23NO2/c1-11-4-6-13(7-5-11)17(3)14-8-9-15(12(2)18)16(19)10-14/h8-11,13,19H,4-7H2,1-3H3.